The van der Waals surface area contributed by atoms with Gasteiger partial charge in [0.25, 0.3) is 0 Å². The summed E-state index contributed by atoms with van der Waals surface area (Å²) in [6.07, 6.45) is 3.97. The van der Waals surface area contributed by atoms with Crippen LogP contribution in [0.5, 0.6) is 0 Å². The summed E-state index contributed by atoms with van der Waals surface area (Å²) in [7, 11) is 1.80. The molecule has 1 aliphatic heterocycles. The van der Waals surface area contributed by atoms with E-state index in [1.54, 1.807) is 24.3 Å². The topological polar surface area (TPSA) is 45.2 Å². The first-order chi connectivity index (χ1) is 8.27. The number of carbonyl (C=O) groups excluding carboxylic acids is 1. The molecule has 1 aliphatic rings. The van der Waals surface area contributed by atoms with Crippen molar-refractivity contribution in [3.63, 3.8) is 0 Å². The highest BCUT2D eigenvalue weighted by molar-refractivity contribution is 7.99. The minimum atomic E-state index is 0. The third-order valence-corrected chi connectivity index (χ3v) is 3.96. The summed E-state index contributed by atoms with van der Waals surface area (Å²) < 4.78 is 0. The molecule has 7 heteroatoms. The SMILES string of the molecule is CN(C(=O)CC1CSCCN1)c1cccnc1.Cl.Cl. The zero-order valence-electron chi connectivity index (χ0n) is 10.7. The lowest BCUT2D eigenvalue weighted by Gasteiger charge is -2.25. The molecule has 0 radical (unpaired) electrons. The lowest BCUT2D eigenvalue weighted by Crippen LogP contribution is -2.41. The van der Waals surface area contributed by atoms with Crippen molar-refractivity contribution in [3.8, 4) is 0 Å². The van der Waals surface area contributed by atoms with E-state index in [-0.39, 0.29) is 30.7 Å². The van der Waals surface area contributed by atoms with Crippen LogP contribution in [0, 0.1) is 0 Å². The Morgan fingerprint density at radius 3 is 2.95 bits per heavy atom. The van der Waals surface area contributed by atoms with E-state index in [1.807, 2.05) is 23.9 Å². The van der Waals surface area contributed by atoms with Crippen molar-refractivity contribution in [2.45, 2.75) is 12.5 Å². The maximum absolute atomic E-state index is 12.1. The van der Waals surface area contributed by atoms with Crippen LogP contribution in [-0.4, -0.2) is 42.0 Å². The molecule has 19 heavy (non-hydrogen) atoms. The molecule has 2 rings (SSSR count). The minimum Gasteiger partial charge on any atom is -0.314 e. The van der Waals surface area contributed by atoms with Crippen LogP contribution in [-0.2, 0) is 4.79 Å². The number of nitrogens with one attached hydrogen (secondary N) is 1. The lowest BCUT2D eigenvalue weighted by atomic mass is 10.2. The molecule has 1 amide bonds. The molecule has 0 saturated carbocycles. The smallest absolute Gasteiger partial charge is 0.228 e. The predicted molar refractivity (Wildman–Crippen MR) is 85.9 cm³/mol. The Labute approximate surface area is 130 Å². The zero-order valence-corrected chi connectivity index (χ0v) is 13.2. The summed E-state index contributed by atoms with van der Waals surface area (Å²) in [5, 5.41) is 3.37. The first-order valence-electron chi connectivity index (χ1n) is 5.75. The van der Waals surface area contributed by atoms with Crippen molar-refractivity contribution in [3.05, 3.63) is 24.5 Å². The second-order valence-corrected chi connectivity index (χ2v) is 5.24. The van der Waals surface area contributed by atoms with Crippen molar-refractivity contribution in [2.24, 2.45) is 0 Å². The minimum absolute atomic E-state index is 0. The Bertz CT molecular complexity index is 374. The fraction of sp³-hybridized carbons (Fsp3) is 0.500. The Morgan fingerprint density at radius 1 is 1.58 bits per heavy atom. The number of amides is 1. The van der Waals surface area contributed by atoms with E-state index < -0.39 is 0 Å². The van der Waals surface area contributed by atoms with Gasteiger partial charge in [-0.25, -0.2) is 0 Å². The number of hydrogen-bond donors (Lipinski definition) is 1. The van der Waals surface area contributed by atoms with Crippen molar-refractivity contribution in [2.75, 3.05) is 30.0 Å². The van der Waals surface area contributed by atoms with Gasteiger partial charge in [0.05, 0.1) is 11.9 Å². The van der Waals surface area contributed by atoms with Gasteiger partial charge in [0.2, 0.25) is 5.91 Å². The summed E-state index contributed by atoms with van der Waals surface area (Å²) >= 11 is 1.91. The summed E-state index contributed by atoms with van der Waals surface area (Å²) in [6, 6.07) is 4.04. The van der Waals surface area contributed by atoms with Gasteiger partial charge in [0.15, 0.2) is 0 Å². The molecule has 0 aromatic carbocycles. The van der Waals surface area contributed by atoms with Gasteiger partial charge >= 0.3 is 0 Å². The van der Waals surface area contributed by atoms with Crippen LogP contribution in [0.25, 0.3) is 0 Å². The van der Waals surface area contributed by atoms with E-state index in [0.29, 0.717) is 12.5 Å². The Morgan fingerprint density at radius 2 is 2.37 bits per heavy atom. The molecule has 1 N–H and O–H groups in total. The van der Waals surface area contributed by atoms with Gasteiger partial charge in [-0.2, -0.15) is 11.8 Å². The highest BCUT2D eigenvalue weighted by atomic mass is 35.5. The fourth-order valence-electron chi connectivity index (χ4n) is 1.79. The summed E-state index contributed by atoms with van der Waals surface area (Å²) in [5.74, 6) is 2.30. The predicted octanol–water partition coefficient (Wildman–Crippen LogP) is 1.98. The zero-order chi connectivity index (χ0) is 12.1. The third-order valence-electron chi connectivity index (χ3n) is 2.83. The van der Waals surface area contributed by atoms with Gasteiger partial charge in [0.1, 0.15) is 0 Å². The summed E-state index contributed by atoms with van der Waals surface area (Å²) in [5.41, 5.74) is 0.848. The van der Waals surface area contributed by atoms with Gasteiger partial charge < -0.3 is 10.2 Å². The molecule has 0 aliphatic carbocycles. The number of pyridine rings is 1. The molecule has 0 spiro atoms. The van der Waals surface area contributed by atoms with Gasteiger partial charge in [-0.3, -0.25) is 9.78 Å². The number of carbonyl (C=O) groups is 1. The molecule has 0 bridgehead atoms. The molecular weight excluding hydrogens is 305 g/mol. The van der Waals surface area contributed by atoms with Crippen LogP contribution in [0.2, 0.25) is 0 Å². The Hall–Kier alpha value is -0.490. The highest BCUT2D eigenvalue weighted by Gasteiger charge is 2.19. The van der Waals surface area contributed by atoms with Crippen LogP contribution < -0.4 is 10.2 Å². The quantitative estimate of drug-likeness (QED) is 0.923. The van der Waals surface area contributed by atoms with Crippen molar-refractivity contribution >= 4 is 48.2 Å². The van der Waals surface area contributed by atoms with Gasteiger partial charge in [-0.1, -0.05) is 0 Å². The maximum Gasteiger partial charge on any atom is 0.228 e. The van der Waals surface area contributed by atoms with Crippen molar-refractivity contribution in [1.29, 1.82) is 0 Å². The van der Waals surface area contributed by atoms with Crippen LogP contribution >= 0.6 is 36.6 Å². The normalized spacial score (nSPS) is 17.8. The molecule has 1 fully saturated rings. The highest BCUT2D eigenvalue weighted by Crippen LogP contribution is 2.14. The average molecular weight is 324 g/mol. The fourth-order valence-corrected chi connectivity index (χ4v) is 2.74. The molecule has 4 nitrogen and oxygen atoms in total. The lowest BCUT2D eigenvalue weighted by molar-refractivity contribution is -0.118. The second-order valence-electron chi connectivity index (χ2n) is 4.09. The molecule has 1 unspecified atom stereocenters. The number of thioether (sulfide) groups is 1. The van der Waals surface area contributed by atoms with Gasteiger partial charge in [-0.15, -0.1) is 24.8 Å². The Balaban J connectivity index is 0.00000162. The molecule has 1 aromatic heterocycles. The van der Waals surface area contributed by atoms with E-state index >= 15 is 0 Å². The number of rotatable bonds is 3. The number of halogens is 2. The molecule has 1 saturated heterocycles. The van der Waals surface area contributed by atoms with E-state index in [4.69, 9.17) is 0 Å². The van der Waals surface area contributed by atoms with Crippen molar-refractivity contribution in [1.82, 2.24) is 10.3 Å². The maximum atomic E-state index is 12.1. The molecule has 1 aromatic rings. The third kappa shape index (κ3) is 5.57. The van der Waals surface area contributed by atoms with E-state index in [1.165, 1.54) is 0 Å². The van der Waals surface area contributed by atoms with Crippen molar-refractivity contribution < 1.29 is 4.79 Å². The van der Waals surface area contributed by atoms with Crippen LogP contribution in [0.4, 0.5) is 5.69 Å². The Kier molecular flexibility index (Phi) is 9.18. The van der Waals surface area contributed by atoms with Gasteiger partial charge in [0, 0.05) is 43.8 Å². The number of anilines is 1. The second kappa shape index (κ2) is 9.42. The monoisotopic (exact) mass is 323 g/mol. The average Bonchev–Trinajstić information content (AvgIpc) is 2.40. The van der Waals surface area contributed by atoms with E-state index in [0.717, 1.165) is 23.7 Å². The number of hydrogen-bond acceptors (Lipinski definition) is 4. The molecular formula is C12H19Cl2N3OS. The summed E-state index contributed by atoms with van der Waals surface area (Å²) in [6.45, 7) is 0.999. The molecule has 1 atom stereocenters. The van der Waals surface area contributed by atoms with Crippen LogP contribution in [0.1, 0.15) is 6.42 Å². The van der Waals surface area contributed by atoms with E-state index in [9.17, 15) is 4.79 Å². The number of aromatic nitrogens is 1. The summed E-state index contributed by atoms with van der Waals surface area (Å²) in [4.78, 5) is 17.8. The largest absolute Gasteiger partial charge is 0.314 e. The first kappa shape index (κ1) is 18.5. The molecule has 108 valence electrons. The van der Waals surface area contributed by atoms with Crippen LogP contribution in [0.15, 0.2) is 24.5 Å². The first-order valence-corrected chi connectivity index (χ1v) is 6.90. The van der Waals surface area contributed by atoms with Crippen LogP contribution in [0.3, 0.4) is 0 Å². The van der Waals surface area contributed by atoms with E-state index in [2.05, 4.69) is 10.3 Å². The molecule has 2 heterocycles. The standard InChI is InChI=1S/C12H17N3OS.2ClH/c1-15(11-3-2-4-13-8-11)12(16)7-10-9-17-6-5-14-10;;/h2-4,8,10,14H,5-7,9H2,1H3;2*1H. The van der Waals surface area contributed by atoms with Gasteiger partial charge in [-0.05, 0) is 12.1 Å². The number of nitrogens with zero attached hydrogens (tertiary/aromatic N) is 2.